The van der Waals surface area contributed by atoms with Crippen molar-refractivity contribution in [1.29, 1.82) is 0 Å². The molecule has 16 rings (SSSR count). The molecule has 1 fully saturated rings. The van der Waals surface area contributed by atoms with Crippen molar-refractivity contribution in [2.45, 2.75) is 96.1 Å². The molecule has 0 saturated carbocycles. The van der Waals surface area contributed by atoms with E-state index in [4.69, 9.17) is 14.7 Å². The Morgan fingerprint density at radius 2 is 0.874 bits per heavy atom. The zero-order valence-electron chi connectivity index (χ0n) is 58.5. The Bertz CT molecular complexity index is 5000. The van der Waals surface area contributed by atoms with Crippen molar-refractivity contribution in [1.82, 2.24) is 35.9 Å². The molecule has 10 aromatic carbocycles. The number of nitrogens with zero attached hydrogens (tertiary/aromatic N) is 2. The molecule has 1 saturated heterocycles. The van der Waals surface area contributed by atoms with Crippen molar-refractivity contribution in [3.8, 4) is 33.6 Å². The minimum absolute atomic E-state index is 0.00241. The predicted octanol–water partition coefficient (Wildman–Crippen LogP) is 18.3. The lowest BCUT2D eigenvalue weighted by Gasteiger charge is -2.25. The number of esters is 1. The number of fused-ring (bicyclic) bond motifs is 7. The largest absolute Gasteiger partial charge is 0.465 e. The van der Waals surface area contributed by atoms with Crippen molar-refractivity contribution in [2.24, 2.45) is 17.8 Å². The summed E-state index contributed by atoms with van der Waals surface area (Å²) in [6, 6.07) is 81.8. The topological polar surface area (TPSA) is 171 Å². The lowest BCUT2D eigenvalue weighted by Crippen LogP contribution is -2.38. The summed E-state index contributed by atoms with van der Waals surface area (Å²) in [6.45, 7) is 5.90. The van der Waals surface area contributed by atoms with E-state index in [1.165, 1.54) is 44.5 Å². The first-order valence-corrected chi connectivity index (χ1v) is 36.6. The summed E-state index contributed by atoms with van der Waals surface area (Å²) in [5.74, 6) is -0.355. The molecule has 0 radical (unpaired) electrons. The van der Waals surface area contributed by atoms with Gasteiger partial charge in [-0.25, -0.2) is 9.97 Å². The number of hydrogen-bond acceptors (Lipinski definition) is 8. The van der Waals surface area contributed by atoms with Gasteiger partial charge in [0.25, 0.3) is 0 Å². The maximum atomic E-state index is 14.6. The van der Waals surface area contributed by atoms with Crippen LogP contribution in [0.5, 0.6) is 0 Å². The first-order chi connectivity index (χ1) is 50.7. The fraction of sp³-hybridized carbons (Fsp3) is 0.231. The van der Waals surface area contributed by atoms with Gasteiger partial charge in [-0.15, -0.1) is 0 Å². The predicted molar refractivity (Wildman–Crippen MR) is 413 cm³/mol. The Balaban J connectivity index is 0.000000173. The molecule has 3 heterocycles. The van der Waals surface area contributed by atoms with Crippen molar-refractivity contribution >= 4 is 56.3 Å². The Labute approximate surface area is 603 Å². The van der Waals surface area contributed by atoms with E-state index in [1.807, 2.05) is 135 Å². The van der Waals surface area contributed by atoms with Crippen LogP contribution in [-0.4, -0.2) is 63.2 Å². The maximum Gasteiger partial charge on any atom is 0.306 e. The normalized spacial score (nSPS) is 14.7. The van der Waals surface area contributed by atoms with Crippen LogP contribution in [0.1, 0.15) is 127 Å². The lowest BCUT2D eigenvalue weighted by atomic mass is 9.85. The highest BCUT2D eigenvalue weighted by molar-refractivity contribution is 5.90. The lowest BCUT2D eigenvalue weighted by molar-refractivity contribution is -0.147. The average Bonchev–Trinajstić information content (AvgIpc) is 1.62. The van der Waals surface area contributed by atoms with E-state index in [1.54, 1.807) is 0 Å². The first kappa shape index (κ1) is 68.8. The molecule has 103 heavy (non-hydrogen) atoms. The van der Waals surface area contributed by atoms with Crippen LogP contribution in [0.2, 0.25) is 0 Å². The second kappa shape index (κ2) is 32.5. The quantitative estimate of drug-likeness (QED) is 0.0394. The number of imidazole rings is 2. The van der Waals surface area contributed by atoms with Gasteiger partial charge < -0.3 is 30.7 Å². The number of Topliss-reactive ketones (excluding diaryl/α,β-unsaturated/α-hetero) is 1. The number of piperidine rings is 1. The van der Waals surface area contributed by atoms with Crippen molar-refractivity contribution in [3.63, 3.8) is 0 Å². The molecular formula is C91H87N7O5. The third-order valence-corrected chi connectivity index (χ3v) is 20.7. The van der Waals surface area contributed by atoms with E-state index < -0.39 is 23.8 Å². The van der Waals surface area contributed by atoms with Gasteiger partial charge in [0.05, 0.1) is 48.2 Å². The zero-order valence-corrected chi connectivity index (χ0v) is 58.5. The van der Waals surface area contributed by atoms with E-state index in [0.29, 0.717) is 37.3 Å². The summed E-state index contributed by atoms with van der Waals surface area (Å²) in [5.41, 5.74) is 17.9. The van der Waals surface area contributed by atoms with Gasteiger partial charge >= 0.3 is 5.97 Å². The number of H-pyrrole nitrogens is 2. The standard InChI is InChI=1S/C49H41N3O3.C40H40N4O2.C2H6/c53-47(55-31-44-42-20-10-8-18-40(42)41-19-9-11-21-43(41)44)29-38(27-32-22-23-33-12-4-5-16-36(33)26-32)49(54)52-45(28-37-25-24-34-13-6-7-17-39(34)37)48-50-30-46(51-48)35-14-2-1-3-15-35;45-38(31-18-20-41-21-19-31)25-34(23-27-14-15-28-8-4-5-12-32(28)22-27)40(46)44-36(24-33-17-16-29-9-6-7-13-35(29)33)39-42-26-37(43-39)30-10-2-1-3-11-30;1-2/h1-23,25-26,30,38,44-45H,24,27-29,31H2,(H,50,51)(H,52,54);1-15,17,22,26,31,34,36,41H,16,18-21,23-25H2,(H,42,43)(H,44,46);1-2H3/t38-,45+;34-,36+;/m00./s1. The molecule has 12 nitrogen and oxygen atoms in total. The Hall–Kier alpha value is -11.3. The number of ether oxygens (including phenoxy) is 1. The first-order valence-electron chi connectivity index (χ1n) is 36.6. The SMILES string of the molecule is CC.O=C(C[C@H](Cc1ccc2ccccc2c1)C(=O)N[C@H](CC1=CCc2ccccc21)c1ncc(-c2ccccc2)[nH]1)C1CCNCC1.O=C(C[C@H](Cc1ccc2ccccc2c1)C(=O)N[C@H](CC1=CCc2ccccc21)c1ncc(-c2ccccc2)[nH]1)OCC1c2ccccc2-c2ccccc21. The minimum atomic E-state index is -0.673. The number of carbonyl (C=O) groups is 4. The van der Waals surface area contributed by atoms with Crippen LogP contribution in [-0.2, 0) is 49.6 Å². The molecule has 0 unspecified atom stereocenters. The summed E-state index contributed by atoms with van der Waals surface area (Å²) in [5, 5.41) is 14.6. The van der Waals surface area contributed by atoms with Gasteiger partial charge in [-0.3, -0.25) is 19.2 Å². The molecule has 12 heteroatoms. The van der Waals surface area contributed by atoms with E-state index >= 15 is 0 Å². The van der Waals surface area contributed by atoms with Gasteiger partial charge in [-0.1, -0.05) is 269 Å². The van der Waals surface area contributed by atoms with Crippen LogP contribution in [0.4, 0.5) is 0 Å². The van der Waals surface area contributed by atoms with Crippen LogP contribution < -0.4 is 16.0 Å². The average molecular weight is 1360 g/mol. The Kier molecular flexibility index (Phi) is 21.7. The molecule has 4 atom stereocenters. The van der Waals surface area contributed by atoms with E-state index in [2.05, 4.69) is 172 Å². The number of rotatable bonds is 23. The fourth-order valence-electron chi connectivity index (χ4n) is 15.3. The van der Waals surface area contributed by atoms with E-state index in [0.717, 1.165) is 105 Å². The van der Waals surface area contributed by atoms with Crippen molar-refractivity contribution in [2.75, 3.05) is 19.7 Å². The van der Waals surface area contributed by atoms with Gasteiger partial charge in [0.2, 0.25) is 11.8 Å². The number of amides is 2. The van der Waals surface area contributed by atoms with E-state index in [9.17, 15) is 19.2 Å². The summed E-state index contributed by atoms with van der Waals surface area (Å²) in [4.78, 5) is 73.1. The van der Waals surface area contributed by atoms with Crippen LogP contribution in [0, 0.1) is 17.8 Å². The molecule has 0 spiro atoms. The molecule has 1 aliphatic heterocycles. The van der Waals surface area contributed by atoms with Gasteiger partial charge in [-0.2, -0.15) is 0 Å². The van der Waals surface area contributed by atoms with Gasteiger partial charge in [0.15, 0.2) is 0 Å². The molecule has 516 valence electrons. The smallest absolute Gasteiger partial charge is 0.306 e. The number of aromatic nitrogens is 4. The number of ketones is 1. The molecule has 2 amide bonds. The van der Waals surface area contributed by atoms with E-state index in [-0.39, 0.29) is 54.9 Å². The van der Waals surface area contributed by atoms with Crippen LogP contribution in [0.15, 0.2) is 267 Å². The van der Waals surface area contributed by atoms with Crippen molar-refractivity contribution in [3.05, 3.63) is 323 Å². The molecule has 12 aromatic rings. The molecule has 2 aromatic heterocycles. The molecule has 4 aliphatic rings. The van der Waals surface area contributed by atoms with Crippen LogP contribution in [0.3, 0.4) is 0 Å². The summed E-state index contributed by atoms with van der Waals surface area (Å²) >= 11 is 0. The second-order valence-corrected chi connectivity index (χ2v) is 27.3. The molecule has 0 bridgehead atoms. The van der Waals surface area contributed by atoms with Gasteiger partial charge in [-0.05, 0) is 151 Å². The summed E-state index contributed by atoms with van der Waals surface area (Å²) in [6.07, 6.45) is 13.8. The number of nitrogens with one attached hydrogen (secondary N) is 5. The Morgan fingerprint density at radius 3 is 1.36 bits per heavy atom. The van der Waals surface area contributed by atoms with Gasteiger partial charge in [0, 0.05) is 37.0 Å². The third-order valence-electron chi connectivity index (χ3n) is 20.7. The highest BCUT2D eigenvalue weighted by Gasteiger charge is 2.34. The fourth-order valence-corrected chi connectivity index (χ4v) is 15.3. The summed E-state index contributed by atoms with van der Waals surface area (Å²) < 4.78 is 6.07. The second-order valence-electron chi connectivity index (χ2n) is 27.3. The Morgan fingerprint density at radius 1 is 0.456 bits per heavy atom. The number of aromatic amines is 2. The van der Waals surface area contributed by atoms with Crippen LogP contribution >= 0.6 is 0 Å². The molecule has 3 aliphatic carbocycles. The zero-order chi connectivity index (χ0) is 70.4. The highest BCUT2D eigenvalue weighted by atomic mass is 16.5. The number of carbonyl (C=O) groups excluding carboxylic acids is 4. The molecule has 5 N–H and O–H groups in total. The third kappa shape index (κ3) is 16.2. The monoisotopic (exact) mass is 1360 g/mol. The van der Waals surface area contributed by atoms with Crippen LogP contribution in [0.25, 0.3) is 66.3 Å². The van der Waals surface area contributed by atoms with Gasteiger partial charge in [0.1, 0.15) is 24.0 Å². The number of benzene rings is 10. The van der Waals surface area contributed by atoms with Crippen molar-refractivity contribution < 1.29 is 23.9 Å². The number of allylic oxidation sites excluding steroid dienone is 2. The minimum Gasteiger partial charge on any atom is -0.465 e. The highest BCUT2D eigenvalue weighted by Crippen LogP contribution is 2.45. The maximum absolute atomic E-state index is 14.6. The molecular weight excluding hydrogens is 1270 g/mol. The summed E-state index contributed by atoms with van der Waals surface area (Å²) in [7, 11) is 0. The number of hydrogen-bond donors (Lipinski definition) is 5.